The fourth-order valence-electron chi connectivity index (χ4n) is 3.32. The van der Waals surface area contributed by atoms with E-state index in [2.05, 4.69) is 12.2 Å². The molecule has 0 aliphatic heterocycles. The Bertz CT molecular complexity index is 797. The van der Waals surface area contributed by atoms with Gasteiger partial charge in [0.15, 0.2) is 0 Å². The molecule has 5 heteroatoms. The summed E-state index contributed by atoms with van der Waals surface area (Å²) in [7, 11) is 1.71. The molecule has 0 bridgehead atoms. The van der Waals surface area contributed by atoms with Crippen molar-refractivity contribution in [2.75, 3.05) is 11.9 Å². The summed E-state index contributed by atoms with van der Waals surface area (Å²) in [5, 5.41) is 4.28. The first kappa shape index (κ1) is 16.7. The maximum atomic E-state index is 12.2. The molecule has 3 rings (SSSR count). The highest BCUT2D eigenvalue weighted by atomic mass is 16.5. The van der Waals surface area contributed by atoms with Crippen LogP contribution in [-0.4, -0.2) is 23.2 Å². The number of anilines is 1. The number of fused-ring (bicyclic) bond motifs is 1. The van der Waals surface area contributed by atoms with Crippen molar-refractivity contribution in [1.29, 1.82) is 0 Å². The van der Waals surface area contributed by atoms with Crippen LogP contribution >= 0.6 is 0 Å². The van der Waals surface area contributed by atoms with Crippen molar-refractivity contribution in [3.63, 3.8) is 0 Å². The predicted molar refractivity (Wildman–Crippen MR) is 95.2 cm³/mol. The van der Waals surface area contributed by atoms with Gasteiger partial charge < -0.3 is 14.6 Å². The number of pyridine rings is 1. The van der Waals surface area contributed by atoms with Crippen LogP contribution in [0.1, 0.15) is 32.6 Å². The minimum atomic E-state index is -0.181. The first-order chi connectivity index (χ1) is 11.5. The standard InChI is InChI=1S/C19H24N2O3/c1-13-5-3-4-6-17(13)24-12-18(22)20-15-8-7-14-9-10-21(2)19(23)16(14)11-15/h7-11,13,17H,3-6,12H2,1-2H3,(H,20,22). The van der Waals surface area contributed by atoms with E-state index in [0.29, 0.717) is 17.0 Å². The molecule has 1 aliphatic rings. The van der Waals surface area contributed by atoms with Gasteiger partial charge >= 0.3 is 0 Å². The molecule has 128 valence electrons. The Balaban J connectivity index is 1.65. The van der Waals surface area contributed by atoms with Crippen LogP contribution in [0.2, 0.25) is 0 Å². The third-order valence-corrected chi connectivity index (χ3v) is 4.83. The van der Waals surface area contributed by atoms with Gasteiger partial charge in [0.2, 0.25) is 5.91 Å². The van der Waals surface area contributed by atoms with Gasteiger partial charge in [-0.25, -0.2) is 0 Å². The normalized spacial score (nSPS) is 20.9. The predicted octanol–water partition coefficient (Wildman–Crippen LogP) is 3.07. The average molecular weight is 328 g/mol. The number of hydrogen-bond donors (Lipinski definition) is 1. The van der Waals surface area contributed by atoms with Gasteiger partial charge in [-0.1, -0.05) is 25.8 Å². The van der Waals surface area contributed by atoms with Crippen LogP contribution in [0, 0.1) is 5.92 Å². The van der Waals surface area contributed by atoms with E-state index >= 15 is 0 Å². The van der Waals surface area contributed by atoms with E-state index in [1.165, 1.54) is 23.8 Å². The maximum absolute atomic E-state index is 12.2. The van der Waals surface area contributed by atoms with Crippen molar-refractivity contribution in [3.8, 4) is 0 Å². The summed E-state index contributed by atoms with van der Waals surface area (Å²) in [6, 6.07) is 7.26. The van der Waals surface area contributed by atoms with Gasteiger partial charge in [0, 0.05) is 24.3 Å². The minimum Gasteiger partial charge on any atom is -0.368 e. The summed E-state index contributed by atoms with van der Waals surface area (Å²) in [6.45, 7) is 2.24. The molecule has 0 radical (unpaired) electrons. The first-order valence-electron chi connectivity index (χ1n) is 8.55. The molecule has 1 N–H and O–H groups in total. The van der Waals surface area contributed by atoms with Gasteiger partial charge in [-0.3, -0.25) is 9.59 Å². The Hall–Kier alpha value is -2.14. The molecule has 24 heavy (non-hydrogen) atoms. The van der Waals surface area contributed by atoms with Crippen LogP contribution < -0.4 is 10.9 Å². The number of aromatic nitrogens is 1. The monoisotopic (exact) mass is 328 g/mol. The lowest BCUT2D eigenvalue weighted by molar-refractivity contribution is -0.124. The van der Waals surface area contributed by atoms with E-state index in [-0.39, 0.29) is 24.2 Å². The zero-order valence-corrected chi connectivity index (χ0v) is 14.2. The Morgan fingerprint density at radius 3 is 2.88 bits per heavy atom. The quantitative estimate of drug-likeness (QED) is 0.938. The summed E-state index contributed by atoms with van der Waals surface area (Å²) in [5.74, 6) is 0.329. The van der Waals surface area contributed by atoms with Crippen molar-refractivity contribution < 1.29 is 9.53 Å². The lowest BCUT2D eigenvalue weighted by Gasteiger charge is -2.28. The lowest BCUT2D eigenvalue weighted by Crippen LogP contribution is -2.29. The van der Waals surface area contributed by atoms with Gasteiger partial charge in [0.05, 0.1) is 6.10 Å². The molecular weight excluding hydrogens is 304 g/mol. The summed E-state index contributed by atoms with van der Waals surface area (Å²) in [5.41, 5.74) is 0.548. The average Bonchev–Trinajstić information content (AvgIpc) is 2.58. The molecule has 1 aliphatic carbocycles. The van der Waals surface area contributed by atoms with Gasteiger partial charge in [0.1, 0.15) is 6.61 Å². The fourth-order valence-corrected chi connectivity index (χ4v) is 3.32. The molecule has 1 aromatic heterocycles. The van der Waals surface area contributed by atoms with Crippen LogP contribution in [0.3, 0.4) is 0 Å². The molecule has 0 saturated heterocycles. The lowest BCUT2D eigenvalue weighted by atomic mass is 9.88. The van der Waals surface area contributed by atoms with Gasteiger partial charge in [0.25, 0.3) is 5.56 Å². The van der Waals surface area contributed by atoms with Gasteiger partial charge in [-0.2, -0.15) is 0 Å². The van der Waals surface area contributed by atoms with Crippen molar-refractivity contribution in [1.82, 2.24) is 4.57 Å². The molecule has 2 unspecified atom stereocenters. The van der Waals surface area contributed by atoms with Crippen molar-refractivity contribution in [3.05, 3.63) is 40.8 Å². The maximum Gasteiger partial charge on any atom is 0.258 e. The number of aryl methyl sites for hydroxylation is 1. The highest BCUT2D eigenvalue weighted by molar-refractivity contribution is 5.94. The molecule has 1 fully saturated rings. The van der Waals surface area contributed by atoms with Crippen LogP contribution in [0.15, 0.2) is 35.3 Å². The van der Waals surface area contributed by atoms with Crippen LogP contribution in [0.25, 0.3) is 10.8 Å². The third-order valence-electron chi connectivity index (χ3n) is 4.83. The molecule has 1 aromatic carbocycles. The number of nitrogens with one attached hydrogen (secondary N) is 1. The van der Waals surface area contributed by atoms with Crippen LogP contribution in [0.4, 0.5) is 5.69 Å². The number of hydrogen-bond acceptors (Lipinski definition) is 3. The molecular formula is C19H24N2O3. The van der Waals surface area contributed by atoms with E-state index in [0.717, 1.165) is 11.8 Å². The van der Waals surface area contributed by atoms with E-state index in [1.54, 1.807) is 19.3 Å². The van der Waals surface area contributed by atoms with E-state index in [1.807, 2.05) is 18.2 Å². The highest BCUT2D eigenvalue weighted by Crippen LogP contribution is 2.26. The van der Waals surface area contributed by atoms with Crippen LogP contribution in [0.5, 0.6) is 0 Å². The summed E-state index contributed by atoms with van der Waals surface area (Å²) in [4.78, 5) is 24.3. The summed E-state index contributed by atoms with van der Waals surface area (Å²) in [6.07, 6.45) is 6.53. The number of amides is 1. The molecule has 2 aromatic rings. The number of nitrogens with zero attached hydrogens (tertiary/aromatic N) is 1. The Morgan fingerprint density at radius 1 is 1.29 bits per heavy atom. The number of rotatable bonds is 4. The second-order valence-corrected chi connectivity index (χ2v) is 6.69. The first-order valence-corrected chi connectivity index (χ1v) is 8.55. The smallest absolute Gasteiger partial charge is 0.258 e. The third kappa shape index (κ3) is 3.67. The topological polar surface area (TPSA) is 60.3 Å². The van der Waals surface area contributed by atoms with Gasteiger partial charge in [-0.15, -0.1) is 0 Å². The number of carbonyl (C=O) groups is 1. The Kier molecular flexibility index (Phi) is 5.00. The van der Waals surface area contributed by atoms with Crippen molar-refractivity contribution in [2.24, 2.45) is 13.0 Å². The van der Waals surface area contributed by atoms with Crippen LogP contribution in [-0.2, 0) is 16.6 Å². The van der Waals surface area contributed by atoms with Crippen molar-refractivity contribution in [2.45, 2.75) is 38.7 Å². The van der Waals surface area contributed by atoms with Crippen molar-refractivity contribution >= 4 is 22.4 Å². The number of ether oxygens (including phenoxy) is 1. The molecule has 1 saturated carbocycles. The molecule has 1 heterocycles. The SMILES string of the molecule is CC1CCCCC1OCC(=O)Nc1ccc2ccn(C)c(=O)c2c1. The zero-order valence-electron chi connectivity index (χ0n) is 14.2. The zero-order chi connectivity index (χ0) is 17.1. The highest BCUT2D eigenvalue weighted by Gasteiger charge is 2.22. The second kappa shape index (κ2) is 7.18. The largest absolute Gasteiger partial charge is 0.368 e. The second-order valence-electron chi connectivity index (χ2n) is 6.69. The Morgan fingerprint density at radius 2 is 2.08 bits per heavy atom. The number of benzene rings is 1. The molecule has 5 nitrogen and oxygen atoms in total. The van der Waals surface area contributed by atoms with E-state index in [4.69, 9.17) is 4.74 Å². The molecule has 2 atom stereocenters. The fraction of sp³-hybridized carbons (Fsp3) is 0.474. The Labute approximate surface area is 141 Å². The molecule has 0 spiro atoms. The minimum absolute atomic E-state index is 0.0554. The number of carbonyl (C=O) groups excluding carboxylic acids is 1. The molecule has 1 amide bonds. The van der Waals surface area contributed by atoms with E-state index < -0.39 is 0 Å². The summed E-state index contributed by atoms with van der Waals surface area (Å²) >= 11 is 0. The van der Waals surface area contributed by atoms with Gasteiger partial charge in [-0.05, 0) is 42.3 Å². The summed E-state index contributed by atoms with van der Waals surface area (Å²) < 4.78 is 7.31. The van der Waals surface area contributed by atoms with E-state index in [9.17, 15) is 9.59 Å².